The zero-order valence-electron chi connectivity index (χ0n) is 13.3. The summed E-state index contributed by atoms with van der Waals surface area (Å²) in [7, 11) is 3.14. The minimum absolute atomic E-state index is 0.0940. The van der Waals surface area contributed by atoms with E-state index in [2.05, 4.69) is 10.3 Å². The molecule has 0 aliphatic rings. The molecule has 0 saturated heterocycles. The zero-order valence-corrected chi connectivity index (χ0v) is 13.3. The van der Waals surface area contributed by atoms with E-state index in [9.17, 15) is 9.59 Å². The van der Waals surface area contributed by atoms with Crippen molar-refractivity contribution in [2.24, 2.45) is 0 Å². The van der Waals surface area contributed by atoms with Gasteiger partial charge in [-0.3, -0.25) is 9.36 Å². The van der Waals surface area contributed by atoms with E-state index < -0.39 is 5.69 Å². The molecule has 1 atom stereocenters. The number of nitrogens with one attached hydrogen (secondary N) is 1. The maximum Gasteiger partial charge on any atom is 0.347 e. The first-order valence-corrected chi connectivity index (χ1v) is 7.08. The van der Waals surface area contributed by atoms with Crippen LogP contribution < -0.4 is 20.5 Å². The van der Waals surface area contributed by atoms with E-state index in [0.29, 0.717) is 11.5 Å². The summed E-state index contributed by atoms with van der Waals surface area (Å²) in [4.78, 5) is 27.3. The van der Waals surface area contributed by atoms with Crippen LogP contribution in [0, 0.1) is 0 Å². The highest BCUT2D eigenvalue weighted by Gasteiger charge is 2.15. The van der Waals surface area contributed by atoms with Gasteiger partial charge < -0.3 is 14.8 Å². The predicted molar refractivity (Wildman–Crippen MR) is 84.6 cm³/mol. The molecule has 1 heterocycles. The van der Waals surface area contributed by atoms with Gasteiger partial charge in [0.1, 0.15) is 18.0 Å². The van der Waals surface area contributed by atoms with Crippen LogP contribution in [0.25, 0.3) is 0 Å². The molecule has 0 fully saturated rings. The van der Waals surface area contributed by atoms with Crippen LogP contribution in [-0.2, 0) is 11.3 Å². The number of ether oxygens (including phenoxy) is 2. The quantitative estimate of drug-likeness (QED) is 0.864. The van der Waals surface area contributed by atoms with Crippen LogP contribution in [0.3, 0.4) is 0 Å². The average Bonchev–Trinajstić information content (AvgIpc) is 2.56. The molecule has 0 radical (unpaired) electrons. The normalized spacial score (nSPS) is 11.6. The number of carbonyl (C=O) groups excluding carboxylic acids is 1. The Balaban J connectivity index is 2.12. The molecule has 7 nitrogen and oxygen atoms in total. The maximum atomic E-state index is 12.1. The first-order valence-electron chi connectivity index (χ1n) is 7.08. The van der Waals surface area contributed by atoms with Gasteiger partial charge in [-0.15, -0.1) is 0 Å². The highest BCUT2D eigenvalue weighted by atomic mass is 16.5. The fourth-order valence-corrected chi connectivity index (χ4v) is 2.20. The summed E-state index contributed by atoms with van der Waals surface area (Å²) in [5, 5.41) is 2.84. The Morgan fingerprint density at radius 1 is 1.35 bits per heavy atom. The lowest BCUT2D eigenvalue weighted by Crippen LogP contribution is -2.34. The molecule has 1 aromatic carbocycles. The summed E-state index contributed by atoms with van der Waals surface area (Å²) >= 11 is 0. The first kappa shape index (κ1) is 16.5. The smallest absolute Gasteiger partial charge is 0.347 e. The first-order chi connectivity index (χ1) is 11.0. The third-order valence-corrected chi connectivity index (χ3v) is 3.38. The second-order valence-electron chi connectivity index (χ2n) is 4.93. The van der Waals surface area contributed by atoms with E-state index in [1.165, 1.54) is 17.0 Å². The van der Waals surface area contributed by atoms with Crippen molar-refractivity contribution in [3.63, 3.8) is 0 Å². The molecular formula is C16H19N3O4. The monoisotopic (exact) mass is 317 g/mol. The Kier molecular flexibility index (Phi) is 5.35. The van der Waals surface area contributed by atoms with Gasteiger partial charge in [-0.2, -0.15) is 0 Å². The highest BCUT2D eigenvalue weighted by molar-refractivity contribution is 5.76. The molecule has 0 aliphatic carbocycles. The van der Waals surface area contributed by atoms with Gasteiger partial charge in [0.15, 0.2) is 0 Å². The van der Waals surface area contributed by atoms with Gasteiger partial charge in [-0.05, 0) is 31.2 Å². The van der Waals surface area contributed by atoms with Crippen molar-refractivity contribution in [3.8, 4) is 11.5 Å². The van der Waals surface area contributed by atoms with E-state index in [-0.39, 0.29) is 18.5 Å². The van der Waals surface area contributed by atoms with Crippen LogP contribution in [0.2, 0.25) is 0 Å². The number of hydrogen-bond donors (Lipinski definition) is 1. The Morgan fingerprint density at radius 2 is 2.13 bits per heavy atom. The fourth-order valence-electron chi connectivity index (χ4n) is 2.20. The number of methoxy groups -OCH3 is 2. The van der Waals surface area contributed by atoms with E-state index in [0.717, 1.165) is 5.56 Å². The van der Waals surface area contributed by atoms with Gasteiger partial charge in [0, 0.05) is 18.0 Å². The van der Waals surface area contributed by atoms with Crippen LogP contribution in [0.1, 0.15) is 18.5 Å². The summed E-state index contributed by atoms with van der Waals surface area (Å²) in [5.41, 5.74) is 0.327. The molecule has 7 heteroatoms. The van der Waals surface area contributed by atoms with Gasteiger partial charge >= 0.3 is 5.69 Å². The van der Waals surface area contributed by atoms with Gasteiger partial charge in [0.2, 0.25) is 5.91 Å². The third kappa shape index (κ3) is 4.09. The van der Waals surface area contributed by atoms with Crippen molar-refractivity contribution < 1.29 is 14.3 Å². The van der Waals surface area contributed by atoms with E-state index in [1.54, 1.807) is 38.5 Å². The lowest BCUT2D eigenvalue weighted by atomic mass is 10.1. The van der Waals surface area contributed by atoms with Crippen molar-refractivity contribution in [1.29, 1.82) is 0 Å². The number of amides is 1. The van der Waals surface area contributed by atoms with E-state index >= 15 is 0 Å². The molecule has 1 N–H and O–H groups in total. The molecule has 2 aromatic rings. The van der Waals surface area contributed by atoms with Gasteiger partial charge in [0.25, 0.3) is 0 Å². The summed E-state index contributed by atoms with van der Waals surface area (Å²) in [5.74, 6) is 1.03. The van der Waals surface area contributed by atoms with Crippen molar-refractivity contribution in [2.75, 3.05) is 14.2 Å². The molecule has 0 spiro atoms. The fraction of sp³-hybridized carbons (Fsp3) is 0.312. The number of rotatable bonds is 6. The van der Waals surface area contributed by atoms with Crippen molar-refractivity contribution in [2.45, 2.75) is 19.5 Å². The predicted octanol–water partition coefficient (Wildman–Crippen LogP) is 1.14. The Labute approximate surface area is 133 Å². The molecule has 23 heavy (non-hydrogen) atoms. The van der Waals surface area contributed by atoms with Gasteiger partial charge in [-0.1, -0.05) is 0 Å². The van der Waals surface area contributed by atoms with Crippen molar-refractivity contribution in [3.05, 3.63) is 52.7 Å². The number of aromatic nitrogens is 2. The summed E-state index contributed by atoms with van der Waals surface area (Å²) < 4.78 is 11.8. The molecule has 0 aliphatic heterocycles. The molecule has 122 valence electrons. The zero-order chi connectivity index (χ0) is 16.8. The molecule has 1 aromatic heterocycles. The van der Waals surface area contributed by atoms with Crippen LogP contribution in [-0.4, -0.2) is 29.7 Å². The lowest BCUT2D eigenvalue weighted by Gasteiger charge is -2.18. The molecule has 2 rings (SSSR count). The topological polar surface area (TPSA) is 82.4 Å². The standard InChI is InChI=1S/C16H19N3O4/c1-11(13-9-12(22-2)5-6-14(13)23-3)18-15(20)10-19-8-4-7-17-16(19)21/h4-9,11H,10H2,1-3H3,(H,18,20)/t11-/m0/s1. The molecule has 0 saturated carbocycles. The average molecular weight is 317 g/mol. The number of carbonyl (C=O) groups is 1. The van der Waals surface area contributed by atoms with Gasteiger partial charge in [-0.25, -0.2) is 9.78 Å². The van der Waals surface area contributed by atoms with Crippen molar-refractivity contribution >= 4 is 5.91 Å². The largest absolute Gasteiger partial charge is 0.497 e. The van der Waals surface area contributed by atoms with Crippen molar-refractivity contribution in [1.82, 2.24) is 14.9 Å². The lowest BCUT2D eigenvalue weighted by molar-refractivity contribution is -0.122. The summed E-state index contributed by atoms with van der Waals surface area (Å²) in [6.45, 7) is 1.74. The number of nitrogens with zero attached hydrogens (tertiary/aromatic N) is 2. The maximum absolute atomic E-state index is 12.1. The number of benzene rings is 1. The number of hydrogen-bond acceptors (Lipinski definition) is 5. The highest BCUT2D eigenvalue weighted by Crippen LogP contribution is 2.29. The van der Waals surface area contributed by atoms with Crippen LogP contribution in [0.5, 0.6) is 11.5 Å². The second-order valence-corrected chi connectivity index (χ2v) is 4.93. The molecule has 0 unspecified atom stereocenters. The Morgan fingerprint density at radius 3 is 2.78 bits per heavy atom. The molecule has 1 amide bonds. The third-order valence-electron chi connectivity index (χ3n) is 3.38. The Bertz CT molecular complexity index is 742. The minimum Gasteiger partial charge on any atom is -0.497 e. The Hall–Kier alpha value is -2.83. The van der Waals surface area contributed by atoms with Crippen LogP contribution >= 0.6 is 0 Å². The minimum atomic E-state index is -0.464. The van der Waals surface area contributed by atoms with Crippen LogP contribution in [0.4, 0.5) is 0 Å². The summed E-state index contributed by atoms with van der Waals surface area (Å²) in [6, 6.07) is 6.66. The summed E-state index contributed by atoms with van der Waals surface area (Å²) in [6.07, 6.45) is 2.91. The van der Waals surface area contributed by atoms with E-state index in [4.69, 9.17) is 9.47 Å². The second kappa shape index (κ2) is 7.44. The molecule has 0 bridgehead atoms. The SMILES string of the molecule is COc1ccc(OC)c([C@H](C)NC(=O)Cn2cccnc2=O)c1. The van der Waals surface area contributed by atoms with E-state index in [1.807, 2.05) is 6.92 Å². The molecular weight excluding hydrogens is 298 g/mol. The van der Waals surface area contributed by atoms with Gasteiger partial charge in [0.05, 0.1) is 20.3 Å². The van der Waals surface area contributed by atoms with Crippen LogP contribution in [0.15, 0.2) is 41.5 Å².